The molecule has 1 unspecified atom stereocenters. The smallest absolute Gasteiger partial charge is 0.171 e. The van der Waals surface area contributed by atoms with Gasteiger partial charge >= 0.3 is 0 Å². The number of rotatable bonds is 5. The Kier molecular flexibility index (Phi) is 5.63. The number of thiocarbonyl (C=S) groups is 1. The Bertz CT molecular complexity index is 610. The highest BCUT2D eigenvalue weighted by atomic mass is 32.2. The van der Waals surface area contributed by atoms with E-state index in [0.29, 0.717) is 11.5 Å². The predicted molar refractivity (Wildman–Crippen MR) is 96.4 cm³/mol. The molecule has 5 nitrogen and oxygen atoms in total. The standard InChI is InChI=1S/C15H23N3O2S2/c1-3-18(4-2)14-7-5-12(6-8-14)16-15(21)17-13-9-10-22(19,20)11-13/h5-8,13H,3-4,9-11H2,1-2H3,(H2,16,17,21). The number of hydrogen-bond donors (Lipinski definition) is 2. The summed E-state index contributed by atoms with van der Waals surface area (Å²) >= 11 is 5.25. The third-order valence-corrected chi connectivity index (χ3v) is 5.81. The Hall–Kier alpha value is -1.34. The first-order valence-corrected chi connectivity index (χ1v) is 9.79. The molecule has 7 heteroatoms. The third-order valence-electron chi connectivity index (χ3n) is 3.82. The van der Waals surface area contributed by atoms with Gasteiger partial charge in [0, 0.05) is 30.5 Å². The Labute approximate surface area is 138 Å². The van der Waals surface area contributed by atoms with E-state index >= 15 is 0 Å². The van der Waals surface area contributed by atoms with Crippen molar-refractivity contribution in [3.8, 4) is 0 Å². The molecule has 0 amide bonds. The number of benzene rings is 1. The molecule has 1 fully saturated rings. The molecule has 2 N–H and O–H groups in total. The summed E-state index contributed by atoms with van der Waals surface area (Å²) in [6.45, 7) is 6.20. The van der Waals surface area contributed by atoms with Crippen LogP contribution in [-0.4, -0.2) is 44.2 Å². The summed E-state index contributed by atoms with van der Waals surface area (Å²) in [4.78, 5) is 2.27. The molecule has 0 saturated carbocycles. The molecule has 2 rings (SSSR count). The monoisotopic (exact) mass is 341 g/mol. The highest BCUT2D eigenvalue weighted by Gasteiger charge is 2.28. The molecule has 1 aliphatic heterocycles. The minimum Gasteiger partial charge on any atom is -0.372 e. The lowest BCUT2D eigenvalue weighted by molar-refractivity contribution is 0.600. The maximum Gasteiger partial charge on any atom is 0.171 e. The van der Waals surface area contributed by atoms with Crippen molar-refractivity contribution in [2.24, 2.45) is 0 Å². The Morgan fingerprint density at radius 2 is 1.91 bits per heavy atom. The molecule has 0 spiro atoms. The topological polar surface area (TPSA) is 61.4 Å². The van der Waals surface area contributed by atoms with Crippen molar-refractivity contribution in [2.45, 2.75) is 26.3 Å². The van der Waals surface area contributed by atoms with Gasteiger partial charge in [0.15, 0.2) is 14.9 Å². The van der Waals surface area contributed by atoms with Crippen LogP contribution in [0.1, 0.15) is 20.3 Å². The summed E-state index contributed by atoms with van der Waals surface area (Å²) in [5.74, 6) is 0.404. The van der Waals surface area contributed by atoms with Crippen molar-refractivity contribution in [2.75, 3.05) is 34.8 Å². The number of sulfone groups is 1. The van der Waals surface area contributed by atoms with E-state index in [1.165, 1.54) is 5.69 Å². The van der Waals surface area contributed by atoms with E-state index in [1.54, 1.807) is 0 Å². The van der Waals surface area contributed by atoms with Crippen LogP contribution >= 0.6 is 12.2 Å². The maximum absolute atomic E-state index is 11.4. The highest BCUT2D eigenvalue weighted by Crippen LogP contribution is 2.18. The van der Waals surface area contributed by atoms with E-state index in [2.05, 4.69) is 41.5 Å². The molecular weight excluding hydrogens is 318 g/mol. The number of nitrogens with one attached hydrogen (secondary N) is 2. The summed E-state index contributed by atoms with van der Waals surface area (Å²) < 4.78 is 22.9. The van der Waals surface area contributed by atoms with Crippen molar-refractivity contribution < 1.29 is 8.42 Å². The van der Waals surface area contributed by atoms with E-state index in [0.717, 1.165) is 18.8 Å². The summed E-state index contributed by atoms with van der Waals surface area (Å²) in [5.41, 5.74) is 2.07. The van der Waals surface area contributed by atoms with Crippen LogP contribution in [0.4, 0.5) is 11.4 Å². The predicted octanol–water partition coefficient (Wildman–Crippen LogP) is 2.01. The zero-order chi connectivity index (χ0) is 16.2. The largest absolute Gasteiger partial charge is 0.372 e. The Morgan fingerprint density at radius 1 is 1.27 bits per heavy atom. The molecule has 1 atom stereocenters. The van der Waals surface area contributed by atoms with Crippen LogP contribution in [0, 0.1) is 0 Å². The average Bonchev–Trinajstić information content (AvgIpc) is 2.81. The highest BCUT2D eigenvalue weighted by molar-refractivity contribution is 7.91. The van der Waals surface area contributed by atoms with Gasteiger partial charge in [-0.25, -0.2) is 8.42 Å². The van der Waals surface area contributed by atoms with Crippen LogP contribution in [0.2, 0.25) is 0 Å². The molecule has 1 heterocycles. The van der Waals surface area contributed by atoms with Gasteiger partial charge in [-0.1, -0.05) is 0 Å². The fraction of sp³-hybridized carbons (Fsp3) is 0.533. The molecule has 0 aliphatic carbocycles. The minimum absolute atomic E-state index is 0.0834. The van der Waals surface area contributed by atoms with E-state index in [9.17, 15) is 8.42 Å². The number of nitrogens with zero attached hydrogens (tertiary/aromatic N) is 1. The van der Waals surface area contributed by atoms with Crippen molar-refractivity contribution in [3.63, 3.8) is 0 Å². The Morgan fingerprint density at radius 3 is 2.41 bits per heavy atom. The number of anilines is 2. The summed E-state index contributed by atoms with van der Waals surface area (Å²) in [5, 5.41) is 6.65. The fourth-order valence-electron chi connectivity index (χ4n) is 2.61. The molecule has 1 aromatic carbocycles. The van der Waals surface area contributed by atoms with Crippen molar-refractivity contribution in [1.82, 2.24) is 5.32 Å². The second-order valence-electron chi connectivity index (χ2n) is 5.42. The Balaban J connectivity index is 1.89. The zero-order valence-electron chi connectivity index (χ0n) is 13.0. The lowest BCUT2D eigenvalue weighted by Crippen LogP contribution is -2.38. The molecule has 0 aromatic heterocycles. The van der Waals surface area contributed by atoms with Crippen molar-refractivity contribution >= 4 is 38.5 Å². The summed E-state index contributed by atoms with van der Waals surface area (Å²) in [6.07, 6.45) is 0.616. The molecule has 1 saturated heterocycles. The van der Waals surface area contributed by atoms with Crippen LogP contribution in [-0.2, 0) is 9.84 Å². The third kappa shape index (κ3) is 4.58. The molecule has 122 valence electrons. The second-order valence-corrected chi connectivity index (χ2v) is 8.05. The maximum atomic E-state index is 11.4. The molecule has 22 heavy (non-hydrogen) atoms. The molecular formula is C15H23N3O2S2. The van der Waals surface area contributed by atoms with E-state index < -0.39 is 9.84 Å². The zero-order valence-corrected chi connectivity index (χ0v) is 14.6. The van der Waals surface area contributed by atoms with Crippen LogP contribution in [0.5, 0.6) is 0 Å². The fourth-order valence-corrected chi connectivity index (χ4v) is 4.56. The first-order valence-electron chi connectivity index (χ1n) is 7.56. The molecule has 1 aliphatic rings. The molecule has 0 radical (unpaired) electrons. The van der Waals surface area contributed by atoms with Gasteiger partial charge in [0.2, 0.25) is 0 Å². The summed E-state index contributed by atoms with van der Waals surface area (Å²) in [6, 6.07) is 7.98. The van der Waals surface area contributed by atoms with Crippen molar-refractivity contribution in [3.05, 3.63) is 24.3 Å². The van der Waals surface area contributed by atoms with Crippen molar-refractivity contribution in [1.29, 1.82) is 0 Å². The van der Waals surface area contributed by atoms with Crippen LogP contribution in [0.15, 0.2) is 24.3 Å². The van der Waals surface area contributed by atoms with Gasteiger partial charge < -0.3 is 15.5 Å². The average molecular weight is 342 g/mol. The lowest BCUT2D eigenvalue weighted by atomic mass is 10.2. The van der Waals surface area contributed by atoms with Gasteiger partial charge in [0.25, 0.3) is 0 Å². The normalized spacial score (nSPS) is 19.6. The molecule has 0 bridgehead atoms. The number of hydrogen-bond acceptors (Lipinski definition) is 4. The van der Waals surface area contributed by atoms with Crippen LogP contribution in [0.3, 0.4) is 0 Å². The van der Waals surface area contributed by atoms with Crippen LogP contribution < -0.4 is 15.5 Å². The van der Waals surface area contributed by atoms with E-state index in [4.69, 9.17) is 12.2 Å². The molecule has 1 aromatic rings. The van der Waals surface area contributed by atoms with Gasteiger partial charge in [-0.15, -0.1) is 0 Å². The van der Waals surface area contributed by atoms with Gasteiger partial charge in [-0.2, -0.15) is 0 Å². The quantitative estimate of drug-likeness (QED) is 0.799. The van der Waals surface area contributed by atoms with Crippen LogP contribution in [0.25, 0.3) is 0 Å². The van der Waals surface area contributed by atoms with E-state index in [-0.39, 0.29) is 17.5 Å². The first kappa shape index (κ1) is 17.0. The lowest BCUT2D eigenvalue weighted by Gasteiger charge is -2.21. The van der Waals surface area contributed by atoms with Gasteiger partial charge in [-0.05, 0) is 56.8 Å². The van der Waals surface area contributed by atoms with Gasteiger partial charge in [0.05, 0.1) is 11.5 Å². The minimum atomic E-state index is -2.89. The van der Waals surface area contributed by atoms with Gasteiger partial charge in [-0.3, -0.25) is 0 Å². The first-order chi connectivity index (χ1) is 10.4. The van der Waals surface area contributed by atoms with Gasteiger partial charge in [0.1, 0.15) is 0 Å². The summed E-state index contributed by atoms with van der Waals surface area (Å²) in [7, 11) is -2.89. The second kappa shape index (κ2) is 7.28. The van der Waals surface area contributed by atoms with E-state index in [1.807, 2.05) is 12.1 Å². The SMILES string of the molecule is CCN(CC)c1ccc(NC(=S)NC2CCS(=O)(=O)C2)cc1.